The summed E-state index contributed by atoms with van der Waals surface area (Å²) in [6.07, 6.45) is 3.95. The van der Waals surface area contributed by atoms with E-state index in [1.165, 1.54) is 10.7 Å². The van der Waals surface area contributed by atoms with Crippen molar-refractivity contribution in [2.75, 3.05) is 6.54 Å². The lowest BCUT2D eigenvalue weighted by Crippen LogP contribution is -2.28. The van der Waals surface area contributed by atoms with Gasteiger partial charge in [0.15, 0.2) is 5.65 Å². The summed E-state index contributed by atoms with van der Waals surface area (Å²) in [5.74, 6) is -0.332. The third kappa shape index (κ3) is 2.93. The van der Waals surface area contributed by atoms with E-state index in [-0.39, 0.29) is 12.5 Å². The van der Waals surface area contributed by atoms with Gasteiger partial charge in [0.05, 0.1) is 12.3 Å². The van der Waals surface area contributed by atoms with Gasteiger partial charge in [-0.2, -0.15) is 5.10 Å². The Bertz CT molecular complexity index is 801. The highest BCUT2D eigenvalue weighted by molar-refractivity contribution is 6.30. The molecule has 7 heteroatoms. The van der Waals surface area contributed by atoms with E-state index in [9.17, 15) is 9.90 Å². The van der Waals surface area contributed by atoms with Crippen LogP contribution in [0.4, 0.5) is 0 Å². The minimum Gasteiger partial charge on any atom is -0.387 e. The molecule has 1 amide bonds. The molecule has 22 heavy (non-hydrogen) atoms. The number of nitrogens with zero attached hydrogens (tertiary/aromatic N) is 3. The summed E-state index contributed by atoms with van der Waals surface area (Å²) >= 11 is 5.80. The van der Waals surface area contributed by atoms with Gasteiger partial charge in [-0.05, 0) is 23.8 Å². The average molecular weight is 317 g/mol. The molecule has 0 spiro atoms. The van der Waals surface area contributed by atoms with E-state index in [0.29, 0.717) is 21.8 Å². The van der Waals surface area contributed by atoms with Crippen molar-refractivity contribution < 1.29 is 9.90 Å². The second kappa shape index (κ2) is 6.13. The summed E-state index contributed by atoms with van der Waals surface area (Å²) in [6.45, 7) is 0.0879. The summed E-state index contributed by atoms with van der Waals surface area (Å²) in [5, 5.41) is 17.4. The topological polar surface area (TPSA) is 79.5 Å². The summed E-state index contributed by atoms with van der Waals surface area (Å²) in [6, 6.07) is 8.55. The molecule has 2 N–H and O–H groups in total. The van der Waals surface area contributed by atoms with E-state index in [0.717, 1.165) is 0 Å². The number of hydrogen-bond donors (Lipinski definition) is 2. The van der Waals surface area contributed by atoms with Crippen LogP contribution in [0.2, 0.25) is 5.02 Å². The average Bonchev–Trinajstić information content (AvgIpc) is 2.97. The molecule has 2 heterocycles. The summed E-state index contributed by atoms with van der Waals surface area (Å²) < 4.78 is 1.52. The highest BCUT2D eigenvalue weighted by atomic mass is 35.5. The second-order valence-electron chi connectivity index (χ2n) is 4.72. The number of benzene rings is 1. The highest BCUT2D eigenvalue weighted by Crippen LogP contribution is 2.16. The van der Waals surface area contributed by atoms with Gasteiger partial charge in [-0.25, -0.2) is 9.50 Å². The van der Waals surface area contributed by atoms with Crippen molar-refractivity contribution in [1.29, 1.82) is 0 Å². The fourth-order valence-electron chi connectivity index (χ4n) is 2.07. The first kappa shape index (κ1) is 14.5. The first-order chi connectivity index (χ1) is 10.6. The Kier molecular flexibility index (Phi) is 4.04. The minimum absolute atomic E-state index is 0.0879. The van der Waals surface area contributed by atoms with E-state index in [2.05, 4.69) is 15.4 Å². The third-order valence-corrected chi connectivity index (χ3v) is 3.49. The Morgan fingerprint density at radius 3 is 2.91 bits per heavy atom. The van der Waals surface area contributed by atoms with Crippen molar-refractivity contribution in [3.8, 4) is 0 Å². The smallest absolute Gasteiger partial charge is 0.256 e. The number of aromatic nitrogens is 3. The van der Waals surface area contributed by atoms with Gasteiger partial charge >= 0.3 is 0 Å². The van der Waals surface area contributed by atoms with Gasteiger partial charge in [0.1, 0.15) is 5.56 Å². The molecule has 0 aliphatic rings. The Balaban J connectivity index is 1.68. The maximum absolute atomic E-state index is 12.2. The zero-order valence-electron chi connectivity index (χ0n) is 11.5. The fourth-order valence-corrected chi connectivity index (χ4v) is 2.20. The van der Waals surface area contributed by atoms with Crippen LogP contribution in [0.25, 0.3) is 5.65 Å². The molecule has 0 bridgehead atoms. The number of carbonyl (C=O) groups excluding carboxylic acids is 1. The van der Waals surface area contributed by atoms with E-state index in [1.807, 2.05) is 0 Å². The number of fused-ring (bicyclic) bond motifs is 1. The number of aliphatic hydroxyl groups is 1. The molecule has 3 aromatic rings. The summed E-state index contributed by atoms with van der Waals surface area (Å²) in [4.78, 5) is 16.3. The maximum atomic E-state index is 12.2. The van der Waals surface area contributed by atoms with Crippen molar-refractivity contribution in [3.05, 3.63) is 65.1 Å². The number of carbonyl (C=O) groups is 1. The minimum atomic E-state index is -0.809. The van der Waals surface area contributed by atoms with Crippen LogP contribution in [0.1, 0.15) is 22.0 Å². The van der Waals surface area contributed by atoms with E-state index in [1.54, 1.807) is 42.7 Å². The van der Waals surface area contributed by atoms with Crippen LogP contribution >= 0.6 is 11.6 Å². The molecule has 3 rings (SSSR count). The lowest BCUT2D eigenvalue weighted by Gasteiger charge is -2.12. The van der Waals surface area contributed by atoms with Gasteiger partial charge in [0, 0.05) is 24.0 Å². The van der Waals surface area contributed by atoms with Gasteiger partial charge in [-0.3, -0.25) is 4.79 Å². The Labute approximate surface area is 131 Å². The van der Waals surface area contributed by atoms with Crippen molar-refractivity contribution in [1.82, 2.24) is 19.9 Å². The zero-order valence-corrected chi connectivity index (χ0v) is 12.2. The van der Waals surface area contributed by atoms with Crippen LogP contribution in [0.5, 0.6) is 0 Å². The van der Waals surface area contributed by atoms with Crippen LogP contribution in [-0.2, 0) is 0 Å². The lowest BCUT2D eigenvalue weighted by molar-refractivity contribution is 0.0917. The van der Waals surface area contributed by atoms with Gasteiger partial charge in [0.25, 0.3) is 5.91 Å². The van der Waals surface area contributed by atoms with Crippen LogP contribution < -0.4 is 5.32 Å². The molecule has 0 saturated carbocycles. The number of halogens is 1. The van der Waals surface area contributed by atoms with Gasteiger partial charge < -0.3 is 10.4 Å². The molecule has 112 valence electrons. The summed E-state index contributed by atoms with van der Waals surface area (Å²) in [7, 11) is 0. The number of hydrogen-bond acceptors (Lipinski definition) is 4. The van der Waals surface area contributed by atoms with Crippen LogP contribution in [-0.4, -0.2) is 32.2 Å². The number of nitrogens with one attached hydrogen (secondary N) is 1. The Morgan fingerprint density at radius 2 is 2.14 bits per heavy atom. The van der Waals surface area contributed by atoms with Crippen LogP contribution in [0.15, 0.2) is 48.9 Å². The molecular formula is C15H13ClN4O2. The molecule has 2 aromatic heterocycles. The molecule has 0 fully saturated rings. The predicted octanol–water partition coefficient (Wildman–Crippen LogP) is 1.85. The third-order valence-electron chi connectivity index (χ3n) is 3.23. The zero-order chi connectivity index (χ0) is 15.5. The monoisotopic (exact) mass is 316 g/mol. The molecule has 0 radical (unpaired) electrons. The maximum Gasteiger partial charge on any atom is 0.256 e. The van der Waals surface area contributed by atoms with Crippen molar-refractivity contribution in [3.63, 3.8) is 0 Å². The van der Waals surface area contributed by atoms with Crippen molar-refractivity contribution in [2.24, 2.45) is 0 Å². The second-order valence-corrected chi connectivity index (χ2v) is 5.16. The highest BCUT2D eigenvalue weighted by Gasteiger charge is 2.15. The predicted molar refractivity (Wildman–Crippen MR) is 81.7 cm³/mol. The lowest BCUT2D eigenvalue weighted by atomic mass is 10.1. The molecule has 1 aromatic carbocycles. The van der Waals surface area contributed by atoms with E-state index < -0.39 is 6.10 Å². The largest absolute Gasteiger partial charge is 0.387 e. The van der Waals surface area contributed by atoms with Crippen molar-refractivity contribution >= 4 is 23.2 Å². The number of aliphatic hydroxyl groups excluding tert-OH is 1. The molecule has 6 nitrogen and oxygen atoms in total. The molecule has 0 saturated heterocycles. The van der Waals surface area contributed by atoms with Crippen LogP contribution in [0, 0.1) is 0 Å². The van der Waals surface area contributed by atoms with Crippen molar-refractivity contribution in [2.45, 2.75) is 6.10 Å². The first-order valence-corrected chi connectivity index (χ1v) is 7.03. The number of rotatable bonds is 4. The van der Waals surface area contributed by atoms with Gasteiger partial charge in [-0.15, -0.1) is 0 Å². The molecule has 0 unspecified atom stereocenters. The SMILES string of the molecule is O=C(NC[C@@H](O)c1ccc(Cl)cc1)c1cnn2cccnc12. The van der Waals surface area contributed by atoms with E-state index >= 15 is 0 Å². The molecular weight excluding hydrogens is 304 g/mol. The normalized spacial score (nSPS) is 12.3. The summed E-state index contributed by atoms with van der Waals surface area (Å²) in [5.41, 5.74) is 1.52. The number of amides is 1. The van der Waals surface area contributed by atoms with Gasteiger partial charge in [-0.1, -0.05) is 23.7 Å². The quantitative estimate of drug-likeness (QED) is 0.770. The van der Waals surface area contributed by atoms with E-state index in [4.69, 9.17) is 11.6 Å². The van der Waals surface area contributed by atoms with Crippen LogP contribution in [0.3, 0.4) is 0 Å². The molecule has 1 atom stereocenters. The first-order valence-electron chi connectivity index (χ1n) is 6.65. The Hall–Kier alpha value is -2.44. The fraction of sp³-hybridized carbons (Fsp3) is 0.133. The van der Waals surface area contributed by atoms with Gasteiger partial charge in [0.2, 0.25) is 0 Å². The Morgan fingerprint density at radius 1 is 1.36 bits per heavy atom. The standard InChI is InChI=1S/C15H13ClN4O2/c16-11-4-2-10(3-5-11)13(21)9-18-15(22)12-8-19-20-7-1-6-17-14(12)20/h1-8,13,21H,9H2,(H,18,22)/t13-/m1/s1. The molecule has 0 aliphatic heterocycles. The molecule has 0 aliphatic carbocycles.